The average Bonchev–Trinajstić information content (AvgIpc) is 2.81. The van der Waals surface area contributed by atoms with Crippen LogP contribution in [-0.2, 0) is 9.53 Å². The molecule has 1 atom stereocenters. The number of rotatable bonds is 3. The summed E-state index contributed by atoms with van der Waals surface area (Å²) in [6.07, 6.45) is 1.63. The number of aromatic amines is 1. The van der Waals surface area contributed by atoms with Crippen LogP contribution in [0.5, 0.6) is 0 Å². The molecular formula is C13H14N2O3. The van der Waals surface area contributed by atoms with Crippen molar-refractivity contribution in [1.29, 1.82) is 0 Å². The lowest BCUT2D eigenvalue weighted by atomic mass is 10.1. The van der Waals surface area contributed by atoms with Crippen molar-refractivity contribution in [2.45, 2.75) is 13.0 Å². The fourth-order valence-corrected chi connectivity index (χ4v) is 1.77. The molecule has 1 amide bonds. The summed E-state index contributed by atoms with van der Waals surface area (Å²) in [5.74, 6) is -0.770. The van der Waals surface area contributed by atoms with Crippen LogP contribution in [0.4, 0.5) is 0 Å². The molecule has 0 saturated carbocycles. The van der Waals surface area contributed by atoms with Gasteiger partial charge in [0.05, 0.1) is 12.7 Å². The summed E-state index contributed by atoms with van der Waals surface area (Å²) in [6, 6.07) is 6.81. The van der Waals surface area contributed by atoms with Crippen LogP contribution in [0, 0.1) is 0 Å². The number of hydrogen-bond acceptors (Lipinski definition) is 3. The predicted molar refractivity (Wildman–Crippen MR) is 67.2 cm³/mol. The Hall–Kier alpha value is -2.30. The van der Waals surface area contributed by atoms with Gasteiger partial charge in [0.2, 0.25) is 0 Å². The van der Waals surface area contributed by atoms with E-state index in [9.17, 15) is 9.59 Å². The van der Waals surface area contributed by atoms with E-state index in [2.05, 4.69) is 15.0 Å². The van der Waals surface area contributed by atoms with Crippen molar-refractivity contribution in [2.75, 3.05) is 7.11 Å². The van der Waals surface area contributed by atoms with Crippen LogP contribution in [0.3, 0.4) is 0 Å². The summed E-state index contributed by atoms with van der Waals surface area (Å²) in [6.45, 7) is 1.58. The standard InChI is InChI=1S/C13H14N2O3/c1-8(13(17)18-2)15-12(16)10-7-14-11-6-4-3-5-9(10)11/h3-8,14H,1-2H3,(H,15,16). The smallest absolute Gasteiger partial charge is 0.328 e. The zero-order chi connectivity index (χ0) is 13.1. The van der Waals surface area contributed by atoms with Gasteiger partial charge >= 0.3 is 5.97 Å². The number of carbonyl (C=O) groups is 2. The minimum Gasteiger partial charge on any atom is -0.467 e. The first kappa shape index (κ1) is 12.2. The molecule has 5 nitrogen and oxygen atoms in total. The van der Waals surface area contributed by atoms with E-state index in [4.69, 9.17) is 0 Å². The lowest BCUT2D eigenvalue weighted by molar-refractivity contribution is -0.142. The number of hydrogen-bond donors (Lipinski definition) is 2. The Labute approximate surface area is 104 Å². The Morgan fingerprint density at radius 2 is 2.06 bits per heavy atom. The Bertz CT molecular complexity index is 589. The second-order valence-corrected chi connectivity index (χ2v) is 3.97. The third kappa shape index (κ3) is 2.20. The zero-order valence-electron chi connectivity index (χ0n) is 10.2. The first-order valence-corrected chi connectivity index (χ1v) is 5.58. The average molecular weight is 246 g/mol. The van der Waals surface area contributed by atoms with Crippen LogP contribution in [0.15, 0.2) is 30.5 Å². The molecule has 0 fully saturated rings. The van der Waals surface area contributed by atoms with Gasteiger partial charge in [-0.3, -0.25) is 4.79 Å². The number of methoxy groups -OCH3 is 1. The third-order valence-electron chi connectivity index (χ3n) is 2.74. The van der Waals surface area contributed by atoms with Crippen molar-refractivity contribution >= 4 is 22.8 Å². The topological polar surface area (TPSA) is 71.2 Å². The highest BCUT2D eigenvalue weighted by Gasteiger charge is 2.18. The highest BCUT2D eigenvalue weighted by atomic mass is 16.5. The van der Waals surface area contributed by atoms with Crippen molar-refractivity contribution < 1.29 is 14.3 Å². The van der Waals surface area contributed by atoms with E-state index in [1.807, 2.05) is 24.3 Å². The van der Waals surface area contributed by atoms with Crippen molar-refractivity contribution in [3.05, 3.63) is 36.0 Å². The van der Waals surface area contributed by atoms with Crippen molar-refractivity contribution in [1.82, 2.24) is 10.3 Å². The number of esters is 1. The van der Waals surface area contributed by atoms with Crippen molar-refractivity contribution in [3.63, 3.8) is 0 Å². The summed E-state index contributed by atoms with van der Waals surface area (Å²) in [4.78, 5) is 26.3. The highest BCUT2D eigenvalue weighted by Crippen LogP contribution is 2.17. The number of nitrogens with one attached hydrogen (secondary N) is 2. The Kier molecular flexibility index (Phi) is 3.32. The summed E-state index contributed by atoms with van der Waals surface area (Å²) in [5, 5.41) is 3.42. The van der Waals surface area contributed by atoms with E-state index in [1.165, 1.54) is 7.11 Å². The first-order chi connectivity index (χ1) is 8.63. The van der Waals surface area contributed by atoms with E-state index in [1.54, 1.807) is 13.1 Å². The zero-order valence-corrected chi connectivity index (χ0v) is 10.2. The fraction of sp³-hybridized carbons (Fsp3) is 0.231. The lowest BCUT2D eigenvalue weighted by Crippen LogP contribution is -2.39. The predicted octanol–water partition coefficient (Wildman–Crippen LogP) is 1.46. The van der Waals surface area contributed by atoms with E-state index < -0.39 is 12.0 Å². The van der Waals surface area contributed by atoms with Crippen LogP contribution >= 0.6 is 0 Å². The molecule has 0 saturated heterocycles. The van der Waals surface area contributed by atoms with Gasteiger partial charge in [-0.25, -0.2) is 4.79 Å². The van der Waals surface area contributed by atoms with Crippen LogP contribution < -0.4 is 5.32 Å². The molecule has 1 aromatic carbocycles. The molecule has 5 heteroatoms. The molecule has 2 rings (SSSR count). The van der Waals surface area contributed by atoms with Gasteiger partial charge in [0, 0.05) is 17.1 Å². The maximum atomic E-state index is 12.0. The summed E-state index contributed by atoms with van der Waals surface area (Å²) in [5.41, 5.74) is 1.40. The monoisotopic (exact) mass is 246 g/mol. The van der Waals surface area contributed by atoms with Crippen LogP contribution in [-0.4, -0.2) is 30.0 Å². The molecule has 18 heavy (non-hydrogen) atoms. The molecule has 2 N–H and O–H groups in total. The third-order valence-corrected chi connectivity index (χ3v) is 2.74. The van der Waals surface area contributed by atoms with Gasteiger partial charge < -0.3 is 15.0 Å². The summed E-state index contributed by atoms with van der Waals surface area (Å²) >= 11 is 0. The number of ether oxygens (including phenoxy) is 1. The molecule has 0 bridgehead atoms. The molecule has 0 spiro atoms. The number of amides is 1. The first-order valence-electron chi connectivity index (χ1n) is 5.58. The number of benzene rings is 1. The van der Waals surface area contributed by atoms with Gasteiger partial charge in [-0.05, 0) is 13.0 Å². The largest absolute Gasteiger partial charge is 0.467 e. The maximum absolute atomic E-state index is 12.0. The maximum Gasteiger partial charge on any atom is 0.328 e. The number of H-pyrrole nitrogens is 1. The number of carbonyl (C=O) groups excluding carboxylic acids is 2. The van der Waals surface area contributed by atoms with E-state index in [0.29, 0.717) is 5.56 Å². The molecule has 0 aliphatic carbocycles. The van der Waals surface area contributed by atoms with Gasteiger partial charge in [0.25, 0.3) is 5.91 Å². The van der Waals surface area contributed by atoms with Gasteiger partial charge in [-0.2, -0.15) is 0 Å². The van der Waals surface area contributed by atoms with Gasteiger partial charge in [0.1, 0.15) is 6.04 Å². The van der Waals surface area contributed by atoms with Gasteiger partial charge in [0.15, 0.2) is 0 Å². The van der Waals surface area contributed by atoms with E-state index in [0.717, 1.165) is 10.9 Å². The molecule has 0 aliphatic rings. The molecule has 2 aromatic rings. The minimum atomic E-state index is -0.670. The number of aromatic nitrogens is 1. The molecule has 1 heterocycles. The fourth-order valence-electron chi connectivity index (χ4n) is 1.77. The van der Waals surface area contributed by atoms with Crippen molar-refractivity contribution in [2.24, 2.45) is 0 Å². The van der Waals surface area contributed by atoms with Crippen LogP contribution in [0.1, 0.15) is 17.3 Å². The van der Waals surface area contributed by atoms with Crippen LogP contribution in [0.2, 0.25) is 0 Å². The quantitative estimate of drug-likeness (QED) is 0.805. The van der Waals surface area contributed by atoms with Gasteiger partial charge in [-0.15, -0.1) is 0 Å². The minimum absolute atomic E-state index is 0.301. The molecule has 0 aliphatic heterocycles. The number of fused-ring (bicyclic) bond motifs is 1. The lowest BCUT2D eigenvalue weighted by Gasteiger charge is -2.10. The second kappa shape index (κ2) is 4.91. The molecule has 94 valence electrons. The summed E-state index contributed by atoms with van der Waals surface area (Å²) < 4.78 is 4.56. The molecule has 1 unspecified atom stereocenters. The van der Waals surface area contributed by atoms with E-state index >= 15 is 0 Å². The van der Waals surface area contributed by atoms with E-state index in [-0.39, 0.29) is 5.91 Å². The SMILES string of the molecule is COC(=O)C(C)NC(=O)c1c[nH]c2ccccc12. The highest BCUT2D eigenvalue weighted by molar-refractivity contribution is 6.07. The van der Waals surface area contributed by atoms with Gasteiger partial charge in [-0.1, -0.05) is 18.2 Å². The Balaban J connectivity index is 2.21. The number of para-hydroxylation sites is 1. The molecular weight excluding hydrogens is 232 g/mol. The second-order valence-electron chi connectivity index (χ2n) is 3.97. The van der Waals surface area contributed by atoms with Crippen LogP contribution in [0.25, 0.3) is 10.9 Å². The van der Waals surface area contributed by atoms with Crippen molar-refractivity contribution in [3.8, 4) is 0 Å². The normalized spacial score (nSPS) is 12.1. The molecule has 1 aromatic heterocycles. The summed E-state index contributed by atoms with van der Waals surface area (Å²) in [7, 11) is 1.29. The Morgan fingerprint density at radius 3 is 2.78 bits per heavy atom. The molecule has 0 radical (unpaired) electrons. The Morgan fingerprint density at radius 1 is 1.33 bits per heavy atom.